The predicted octanol–water partition coefficient (Wildman–Crippen LogP) is 5.14. The highest BCUT2D eigenvalue weighted by molar-refractivity contribution is 6.31. The summed E-state index contributed by atoms with van der Waals surface area (Å²) in [5.41, 5.74) is 4.79. The molecule has 0 saturated carbocycles. The van der Waals surface area contributed by atoms with E-state index < -0.39 is 0 Å². The third kappa shape index (κ3) is 3.44. The lowest BCUT2D eigenvalue weighted by Gasteiger charge is -2.23. The summed E-state index contributed by atoms with van der Waals surface area (Å²) in [6, 6.07) is 7.76. The molecule has 0 unspecified atom stereocenters. The first kappa shape index (κ1) is 20.1. The molecule has 0 radical (unpaired) electrons. The molecule has 0 atom stereocenters. The molecule has 1 heterocycles. The standard InChI is InChI=1S/C21H27ClN4O2/c1-7-26(8-2)15-9-10-16(27-5)19-20(15)25(4)21(24-19)23-18-13(3)11-14(22)12-17(18)28-6/h9-12H,7-8H2,1-6H3,(H,23,24). The van der Waals surface area contributed by atoms with Gasteiger partial charge in [-0.1, -0.05) is 11.6 Å². The fourth-order valence-corrected chi connectivity index (χ4v) is 3.78. The molecule has 1 N–H and O–H groups in total. The number of aryl methyl sites for hydroxylation is 2. The van der Waals surface area contributed by atoms with Gasteiger partial charge in [0, 0.05) is 31.2 Å². The lowest BCUT2D eigenvalue weighted by atomic mass is 10.2. The molecule has 7 heteroatoms. The second-order valence-electron chi connectivity index (χ2n) is 6.58. The van der Waals surface area contributed by atoms with Crippen molar-refractivity contribution in [2.24, 2.45) is 7.05 Å². The van der Waals surface area contributed by atoms with Crippen molar-refractivity contribution in [2.75, 3.05) is 37.5 Å². The molecule has 6 nitrogen and oxygen atoms in total. The summed E-state index contributed by atoms with van der Waals surface area (Å²) in [4.78, 5) is 7.15. The van der Waals surface area contributed by atoms with Gasteiger partial charge in [-0.25, -0.2) is 4.98 Å². The summed E-state index contributed by atoms with van der Waals surface area (Å²) in [6.07, 6.45) is 0. The number of hydrogen-bond acceptors (Lipinski definition) is 5. The maximum Gasteiger partial charge on any atom is 0.208 e. The number of halogens is 1. The number of benzene rings is 2. The van der Waals surface area contributed by atoms with Gasteiger partial charge in [-0.05, 0) is 44.5 Å². The molecule has 0 fully saturated rings. The van der Waals surface area contributed by atoms with E-state index in [4.69, 9.17) is 26.1 Å². The van der Waals surface area contributed by atoms with Crippen LogP contribution in [-0.2, 0) is 7.05 Å². The minimum atomic E-state index is 0.635. The van der Waals surface area contributed by atoms with Gasteiger partial charge in [-0.15, -0.1) is 0 Å². The minimum Gasteiger partial charge on any atom is -0.495 e. The van der Waals surface area contributed by atoms with Gasteiger partial charge in [0.25, 0.3) is 0 Å². The van der Waals surface area contributed by atoms with Crippen molar-refractivity contribution in [3.05, 3.63) is 34.9 Å². The molecule has 0 spiro atoms. The molecule has 0 aliphatic rings. The molecule has 3 aromatic rings. The summed E-state index contributed by atoms with van der Waals surface area (Å²) in [5.74, 6) is 2.12. The number of methoxy groups -OCH3 is 2. The van der Waals surface area contributed by atoms with Crippen LogP contribution in [0.2, 0.25) is 5.02 Å². The summed E-state index contributed by atoms with van der Waals surface area (Å²) in [6.45, 7) is 8.11. The van der Waals surface area contributed by atoms with E-state index >= 15 is 0 Å². The second-order valence-corrected chi connectivity index (χ2v) is 7.01. The quantitative estimate of drug-likeness (QED) is 0.592. The highest BCUT2D eigenvalue weighted by atomic mass is 35.5. The predicted molar refractivity (Wildman–Crippen MR) is 117 cm³/mol. The van der Waals surface area contributed by atoms with Crippen LogP contribution < -0.4 is 19.7 Å². The fourth-order valence-electron chi connectivity index (χ4n) is 3.52. The highest BCUT2D eigenvalue weighted by Crippen LogP contribution is 2.38. The Morgan fingerprint density at radius 1 is 1.11 bits per heavy atom. The Morgan fingerprint density at radius 2 is 1.79 bits per heavy atom. The van der Waals surface area contributed by atoms with Crippen LogP contribution in [0.3, 0.4) is 0 Å². The van der Waals surface area contributed by atoms with Gasteiger partial charge in [-0.2, -0.15) is 0 Å². The van der Waals surface area contributed by atoms with Crippen molar-refractivity contribution >= 4 is 40.0 Å². The third-order valence-corrected chi connectivity index (χ3v) is 5.23. The zero-order valence-electron chi connectivity index (χ0n) is 17.3. The number of imidazole rings is 1. The maximum absolute atomic E-state index is 6.18. The van der Waals surface area contributed by atoms with E-state index in [0.717, 1.165) is 46.8 Å². The lowest BCUT2D eigenvalue weighted by Crippen LogP contribution is -2.22. The number of nitrogens with zero attached hydrogens (tertiary/aromatic N) is 3. The van der Waals surface area contributed by atoms with E-state index in [1.807, 2.05) is 26.1 Å². The monoisotopic (exact) mass is 402 g/mol. The van der Waals surface area contributed by atoms with Crippen molar-refractivity contribution in [2.45, 2.75) is 20.8 Å². The summed E-state index contributed by atoms with van der Waals surface area (Å²) < 4.78 is 13.1. The average Bonchev–Trinajstić information content (AvgIpc) is 3.01. The summed E-state index contributed by atoms with van der Waals surface area (Å²) >= 11 is 6.18. The van der Waals surface area contributed by atoms with Gasteiger partial charge in [0.2, 0.25) is 5.95 Å². The molecule has 0 aliphatic heterocycles. The Kier molecular flexibility index (Phi) is 5.89. The van der Waals surface area contributed by atoms with Crippen molar-refractivity contribution in [1.82, 2.24) is 9.55 Å². The summed E-state index contributed by atoms with van der Waals surface area (Å²) in [5, 5.41) is 4.06. The van der Waals surface area contributed by atoms with Gasteiger partial charge in [0.15, 0.2) is 0 Å². The first-order chi connectivity index (χ1) is 13.4. The largest absolute Gasteiger partial charge is 0.495 e. The molecule has 1 aromatic heterocycles. The molecule has 0 amide bonds. The molecule has 0 aliphatic carbocycles. The smallest absolute Gasteiger partial charge is 0.208 e. The Balaban J connectivity index is 2.19. The molecule has 0 saturated heterocycles. The molecule has 3 rings (SSSR count). The van der Waals surface area contributed by atoms with Crippen LogP contribution in [0.15, 0.2) is 24.3 Å². The molecule has 2 aromatic carbocycles. The minimum absolute atomic E-state index is 0.635. The number of fused-ring (bicyclic) bond motifs is 1. The van der Waals surface area contributed by atoms with Crippen molar-refractivity contribution < 1.29 is 9.47 Å². The SMILES string of the molecule is CCN(CC)c1ccc(OC)c2nc(Nc3c(C)cc(Cl)cc3OC)n(C)c12. The highest BCUT2D eigenvalue weighted by Gasteiger charge is 2.20. The number of aromatic nitrogens is 2. The number of nitrogens with one attached hydrogen (secondary N) is 1. The van der Waals surface area contributed by atoms with Gasteiger partial charge in [0.05, 0.1) is 31.1 Å². The van der Waals surface area contributed by atoms with Crippen molar-refractivity contribution in [1.29, 1.82) is 0 Å². The zero-order valence-corrected chi connectivity index (χ0v) is 18.0. The van der Waals surface area contributed by atoms with Crippen molar-refractivity contribution in [3.63, 3.8) is 0 Å². The van der Waals surface area contributed by atoms with E-state index in [-0.39, 0.29) is 0 Å². The molecular weight excluding hydrogens is 376 g/mol. The number of anilines is 3. The zero-order chi connectivity index (χ0) is 20.4. The normalized spacial score (nSPS) is 11.0. The van der Waals surface area contributed by atoms with Crippen LogP contribution >= 0.6 is 11.6 Å². The number of ether oxygens (including phenoxy) is 2. The van der Waals surface area contributed by atoms with Crippen molar-refractivity contribution in [3.8, 4) is 11.5 Å². The average molecular weight is 403 g/mol. The van der Waals surface area contributed by atoms with Crippen LogP contribution in [0.1, 0.15) is 19.4 Å². The summed E-state index contributed by atoms with van der Waals surface area (Å²) in [7, 11) is 5.30. The Bertz CT molecular complexity index is 996. The van der Waals surface area contributed by atoms with E-state index in [1.165, 1.54) is 0 Å². The van der Waals surface area contributed by atoms with Gasteiger partial charge >= 0.3 is 0 Å². The van der Waals surface area contributed by atoms with E-state index in [2.05, 4.69) is 34.7 Å². The Labute approximate surface area is 171 Å². The van der Waals surface area contributed by atoms with E-state index in [9.17, 15) is 0 Å². The van der Waals surface area contributed by atoms with Crippen LogP contribution in [0.25, 0.3) is 11.0 Å². The second kappa shape index (κ2) is 8.19. The third-order valence-electron chi connectivity index (χ3n) is 5.01. The van der Waals surface area contributed by atoms with Gasteiger partial charge in [-0.3, -0.25) is 0 Å². The molecular formula is C21H27ClN4O2. The first-order valence-corrected chi connectivity index (χ1v) is 9.72. The first-order valence-electron chi connectivity index (χ1n) is 9.34. The molecule has 150 valence electrons. The molecule has 0 bridgehead atoms. The number of hydrogen-bond donors (Lipinski definition) is 1. The van der Waals surface area contributed by atoms with Crippen LogP contribution in [0, 0.1) is 6.92 Å². The Hall–Kier alpha value is -2.60. The topological polar surface area (TPSA) is 51.6 Å². The van der Waals surface area contributed by atoms with Crippen LogP contribution in [0.4, 0.5) is 17.3 Å². The molecule has 28 heavy (non-hydrogen) atoms. The van der Waals surface area contributed by atoms with Crippen LogP contribution in [0.5, 0.6) is 11.5 Å². The van der Waals surface area contributed by atoms with E-state index in [1.54, 1.807) is 20.3 Å². The Morgan fingerprint density at radius 3 is 2.39 bits per heavy atom. The fraction of sp³-hybridized carbons (Fsp3) is 0.381. The maximum atomic E-state index is 6.18. The van der Waals surface area contributed by atoms with E-state index in [0.29, 0.717) is 16.7 Å². The van der Waals surface area contributed by atoms with Crippen LogP contribution in [-0.4, -0.2) is 36.9 Å². The lowest BCUT2D eigenvalue weighted by molar-refractivity contribution is 0.416. The number of rotatable bonds is 7. The van der Waals surface area contributed by atoms with Gasteiger partial charge < -0.3 is 24.3 Å². The van der Waals surface area contributed by atoms with Gasteiger partial charge in [0.1, 0.15) is 17.0 Å².